The first-order valence-electron chi connectivity index (χ1n) is 6.13. The number of hydrogen-bond donors (Lipinski definition) is 0. The van der Waals surface area contributed by atoms with Gasteiger partial charge in [-0.3, -0.25) is 0 Å². The van der Waals surface area contributed by atoms with Gasteiger partial charge >= 0.3 is 0 Å². The molecule has 1 aromatic heterocycles. The van der Waals surface area contributed by atoms with Gasteiger partial charge in [0.05, 0.1) is 0 Å². The van der Waals surface area contributed by atoms with Crippen molar-refractivity contribution < 1.29 is 0 Å². The molecule has 0 unspecified atom stereocenters. The summed E-state index contributed by atoms with van der Waals surface area (Å²) in [6, 6.07) is 10.4. The molecule has 0 atom stereocenters. The lowest BCUT2D eigenvalue weighted by Gasteiger charge is -2.22. The molecule has 0 spiro atoms. The molecule has 0 N–H and O–H groups in total. The first-order valence-corrected chi connectivity index (χ1v) is 7.21. The lowest BCUT2D eigenvalue weighted by atomic mass is 10.2. The van der Waals surface area contributed by atoms with Crippen LogP contribution >= 0.6 is 22.6 Å². The van der Waals surface area contributed by atoms with Gasteiger partial charge in [0, 0.05) is 28.2 Å². The second-order valence-corrected chi connectivity index (χ2v) is 5.82. The number of benzene rings is 1. The fraction of sp³-hybridized carbons (Fsp3) is 0.286. The van der Waals surface area contributed by atoms with E-state index >= 15 is 0 Å². The van der Waals surface area contributed by atoms with Gasteiger partial charge in [-0.15, -0.1) is 0 Å². The maximum absolute atomic E-state index is 4.37. The first kappa shape index (κ1) is 11.9. The quantitative estimate of drug-likeness (QED) is 0.788. The highest BCUT2D eigenvalue weighted by Gasteiger charge is 2.26. The minimum Gasteiger partial charge on any atom is -0.310 e. The van der Waals surface area contributed by atoms with Gasteiger partial charge in [-0.25, -0.2) is 9.97 Å². The highest BCUT2D eigenvalue weighted by molar-refractivity contribution is 14.1. The molecule has 1 aromatic carbocycles. The minimum absolute atomic E-state index is 0.797. The van der Waals surface area contributed by atoms with Crippen LogP contribution in [0.2, 0.25) is 0 Å². The van der Waals surface area contributed by atoms with Crippen LogP contribution in [-0.2, 0) is 0 Å². The van der Waals surface area contributed by atoms with Crippen molar-refractivity contribution in [1.29, 1.82) is 0 Å². The molecule has 1 heterocycles. The molecular weight excluding hydrogens is 337 g/mol. The van der Waals surface area contributed by atoms with Gasteiger partial charge in [-0.05, 0) is 71.7 Å². The maximum atomic E-state index is 4.37. The van der Waals surface area contributed by atoms with E-state index in [9.17, 15) is 0 Å². The Morgan fingerprint density at radius 3 is 2.39 bits per heavy atom. The molecule has 18 heavy (non-hydrogen) atoms. The zero-order valence-electron chi connectivity index (χ0n) is 9.96. The van der Waals surface area contributed by atoms with E-state index in [2.05, 4.69) is 61.7 Å². The van der Waals surface area contributed by atoms with Crippen molar-refractivity contribution in [3.8, 4) is 0 Å². The second kappa shape index (κ2) is 5.22. The molecule has 3 nitrogen and oxygen atoms in total. The maximum Gasteiger partial charge on any atom is 0.229 e. The average Bonchev–Trinajstić information content (AvgIpc) is 3.22. The summed E-state index contributed by atoms with van der Waals surface area (Å²) in [6.07, 6.45) is 6.26. The van der Waals surface area contributed by atoms with Crippen molar-refractivity contribution >= 4 is 34.2 Å². The average molecular weight is 351 g/mol. The standard InChI is InChI=1S/C14H14IN3/c15-12-4-6-13(7-5-12)18(10-11-2-3-11)14-16-8-1-9-17-14/h1,4-9,11H,2-3,10H2. The molecule has 1 saturated carbocycles. The largest absolute Gasteiger partial charge is 0.310 e. The molecule has 0 amide bonds. The monoisotopic (exact) mass is 351 g/mol. The number of halogens is 1. The van der Waals surface area contributed by atoms with Crippen molar-refractivity contribution in [2.24, 2.45) is 5.92 Å². The number of aromatic nitrogens is 2. The molecule has 0 aliphatic heterocycles. The van der Waals surface area contributed by atoms with Crippen LogP contribution in [-0.4, -0.2) is 16.5 Å². The minimum atomic E-state index is 0.797. The number of rotatable bonds is 4. The van der Waals surface area contributed by atoms with Gasteiger partial charge in [0.15, 0.2) is 0 Å². The van der Waals surface area contributed by atoms with Gasteiger partial charge in [-0.2, -0.15) is 0 Å². The van der Waals surface area contributed by atoms with Crippen LogP contribution in [0.25, 0.3) is 0 Å². The molecule has 0 bridgehead atoms. The second-order valence-electron chi connectivity index (χ2n) is 4.58. The third-order valence-corrected chi connectivity index (χ3v) is 3.79. The molecule has 4 heteroatoms. The van der Waals surface area contributed by atoms with Crippen molar-refractivity contribution in [3.63, 3.8) is 0 Å². The Morgan fingerprint density at radius 2 is 1.78 bits per heavy atom. The predicted octanol–water partition coefficient (Wildman–Crippen LogP) is 3.63. The van der Waals surface area contributed by atoms with Crippen molar-refractivity contribution in [1.82, 2.24) is 9.97 Å². The predicted molar refractivity (Wildman–Crippen MR) is 80.9 cm³/mol. The van der Waals surface area contributed by atoms with Gasteiger partial charge < -0.3 is 4.90 Å². The lowest BCUT2D eigenvalue weighted by Crippen LogP contribution is -2.21. The van der Waals surface area contributed by atoms with E-state index in [4.69, 9.17) is 0 Å². The zero-order valence-corrected chi connectivity index (χ0v) is 12.1. The fourth-order valence-corrected chi connectivity index (χ4v) is 2.27. The first-order chi connectivity index (χ1) is 8.83. The number of nitrogens with zero attached hydrogens (tertiary/aromatic N) is 3. The van der Waals surface area contributed by atoms with E-state index in [-0.39, 0.29) is 0 Å². The number of hydrogen-bond acceptors (Lipinski definition) is 3. The SMILES string of the molecule is Ic1ccc(N(CC2CC2)c2ncccn2)cc1. The van der Waals surface area contributed by atoms with Gasteiger partial charge in [0.25, 0.3) is 0 Å². The molecule has 3 rings (SSSR count). The van der Waals surface area contributed by atoms with E-state index in [0.717, 1.165) is 18.4 Å². The van der Waals surface area contributed by atoms with Crippen LogP contribution in [0.4, 0.5) is 11.6 Å². The number of anilines is 2. The summed E-state index contributed by atoms with van der Waals surface area (Å²) in [5.74, 6) is 1.60. The summed E-state index contributed by atoms with van der Waals surface area (Å²) in [5.41, 5.74) is 1.17. The van der Waals surface area contributed by atoms with E-state index < -0.39 is 0 Å². The molecule has 0 radical (unpaired) electrons. The van der Waals surface area contributed by atoms with Gasteiger partial charge in [0.2, 0.25) is 5.95 Å². The summed E-state index contributed by atoms with van der Waals surface area (Å²) >= 11 is 2.32. The van der Waals surface area contributed by atoms with Crippen LogP contribution in [0.15, 0.2) is 42.7 Å². The lowest BCUT2D eigenvalue weighted by molar-refractivity contribution is 0.792. The molecule has 2 aromatic rings. The molecular formula is C14H14IN3. The summed E-state index contributed by atoms with van der Waals surface area (Å²) < 4.78 is 1.25. The van der Waals surface area contributed by atoms with Crippen molar-refractivity contribution in [2.45, 2.75) is 12.8 Å². The Bertz CT molecular complexity index is 508. The summed E-state index contributed by atoms with van der Waals surface area (Å²) in [5, 5.41) is 0. The molecule has 1 aliphatic rings. The third kappa shape index (κ3) is 2.80. The smallest absolute Gasteiger partial charge is 0.229 e. The Hall–Kier alpha value is -1.17. The highest BCUT2D eigenvalue weighted by atomic mass is 127. The van der Waals surface area contributed by atoms with E-state index in [0.29, 0.717) is 0 Å². The van der Waals surface area contributed by atoms with Crippen molar-refractivity contribution in [3.05, 3.63) is 46.3 Å². The van der Waals surface area contributed by atoms with E-state index in [1.807, 2.05) is 6.07 Å². The molecule has 1 aliphatic carbocycles. The third-order valence-electron chi connectivity index (χ3n) is 3.07. The van der Waals surface area contributed by atoms with Gasteiger partial charge in [-0.1, -0.05) is 0 Å². The Balaban J connectivity index is 1.91. The molecule has 1 fully saturated rings. The Morgan fingerprint density at radius 1 is 1.11 bits per heavy atom. The Kier molecular flexibility index (Phi) is 3.45. The van der Waals surface area contributed by atoms with Crippen LogP contribution in [0, 0.1) is 9.49 Å². The molecule has 92 valence electrons. The van der Waals surface area contributed by atoms with Crippen LogP contribution in [0.1, 0.15) is 12.8 Å². The van der Waals surface area contributed by atoms with Crippen LogP contribution in [0.3, 0.4) is 0 Å². The van der Waals surface area contributed by atoms with Crippen molar-refractivity contribution in [2.75, 3.05) is 11.4 Å². The summed E-state index contributed by atoms with van der Waals surface area (Å²) in [7, 11) is 0. The van der Waals surface area contributed by atoms with Gasteiger partial charge in [0.1, 0.15) is 0 Å². The van der Waals surface area contributed by atoms with Crippen LogP contribution in [0.5, 0.6) is 0 Å². The molecule has 0 saturated heterocycles. The zero-order chi connectivity index (χ0) is 12.4. The van der Waals surface area contributed by atoms with Crippen LogP contribution < -0.4 is 4.90 Å². The summed E-state index contributed by atoms with van der Waals surface area (Å²) in [6.45, 7) is 1.02. The highest BCUT2D eigenvalue weighted by Crippen LogP contribution is 2.33. The normalized spacial score (nSPS) is 14.5. The summed E-state index contributed by atoms with van der Waals surface area (Å²) in [4.78, 5) is 11.0. The van der Waals surface area contributed by atoms with E-state index in [1.165, 1.54) is 22.1 Å². The van der Waals surface area contributed by atoms with E-state index in [1.54, 1.807) is 12.4 Å². The topological polar surface area (TPSA) is 29.0 Å². The Labute approximate surface area is 120 Å². The fourth-order valence-electron chi connectivity index (χ4n) is 1.91.